The van der Waals surface area contributed by atoms with Gasteiger partial charge in [0.15, 0.2) is 0 Å². The van der Waals surface area contributed by atoms with Crippen molar-refractivity contribution in [1.29, 1.82) is 0 Å². The minimum Gasteiger partial charge on any atom is -0.350 e. The molecular formula is C22H28N2O2. The van der Waals surface area contributed by atoms with E-state index in [2.05, 4.69) is 19.2 Å². The van der Waals surface area contributed by atoms with E-state index in [-0.39, 0.29) is 24.3 Å². The van der Waals surface area contributed by atoms with E-state index in [1.807, 2.05) is 56.3 Å². The van der Waals surface area contributed by atoms with Crippen LogP contribution in [0, 0.1) is 13.8 Å². The maximum atomic E-state index is 12.5. The van der Waals surface area contributed by atoms with Crippen LogP contribution in [0.25, 0.3) is 0 Å². The van der Waals surface area contributed by atoms with E-state index in [0.717, 1.165) is 27.9 Å². The summed E-state index contributed by atoms with van der Waals surface area (Å²) in [6, 6.07) is 13.9. The number of benzene rings is 2. The van der Waals surface area contributed by atoms with Crippen LogP contribution in [-0.2, 0) is 16.1 Å². The van der Waals surface area contributed by atoms with Gasteiger partial charge in [-0.25, -0.2) is 0 Å². The molecule has 0 radical (unpaired) electrons. The zero-order chi connectivity index (χ0) is 19.3. The Labute approximate surface area is 156 Å². The molecule has 4 heteroatoms. The summed E-state index contributed by atoms with van der Waals surface area (Å²) >= 11 is 0. The number of para-hydroxylation sites is 1. The van der Waals surface area contributed by atoms with Gasteiger partial charge in [-0.3, -0.25) is 9.59 Å². The standard InChI is InChI=1S/C22H28N2O2/c1-15(2)20-12-8-10-17(4)22(20)24(18(5)25)14-21(26)23-13-19-11-7-6-9-16(19)3/h6-12,15H,13-14H2,1-5H3,(H,23,26). The molecule has 0 fully saturated rings. The van der Waals surface area contributed by atoms with Gasteiger partial charge in [-0.05, 0) is 42.0 Å². The van der Waals surface area contributed by atoms with E-state index in [4.69, 9.17) is 0 Å². The molecule has 2 amide bonds. The number of hydrogen-bond acceptors (Lipinski definition) is 2. The van der Waals surface area contributed by atoms with E-state index in [9.17, 15) is 9.59 Å². The van der Waals surface area contributed by atoms with E-state index >= 15 is 0 Å². The highest BCUT2D eigenvalue weighted by molar-refractivity contribution is 5.98. The Hall–Kier alpha value is -2.62. The molecule has 26 heavy (non-hydrogen) atoms. The molecule has 0 heterocycles. The van der Waals surface area contributed by atoms with E-state index in [1.54, 1.807) is 4.90 Å². The fourth-order valence-corrected chi connectivity index (χ4v) is 3.07. The normalized spacial score (nSPS) is 10.7. The molecule has 0 bridgehead atoms. The molecule has 0 saturated carbocycles. The number of rotatable bonds is 6. The summed E-state index contributed by atoms with van der Waals surface area (Å²) in [6.45, 7) is 10.2. The first-order valence-electron chi connectivity index (χ1n) is 9.00. The third-order valence-electron chi connectivity index (χ3n) is 4.58. The van der Waals surface area contributed by atoms with Crippen molar-refractivity contribution in [2.45, 2.75) is 47.1 Å². The number of carbonyl (C=O) groups is 2. The number of hydrogen-bond donors (Lipinski definition) is 1. The Kier molecular flexibility index (Phi) is 6.56. The number of nitrogens with one attached hydrogen (secondary N) is 1. The highest BCUT2D eigenvalue weighted by Gasteiger charge is 2.21. The first kappa shape index (κ1) is 19.7. The lowest BCUT2D eigenvalue weighted by Crippen LogP contribution is -2.40. The molecular weight excluding hydrogens is 324 g/mol. The van der Waals surface area contributed by atoms with Crippen LogP contribution in [0.15, 0.2) is 42.5 Å². The van der Waals surface area contributed by atoms with Crippen molar-refractivity contribution in [3.05, 3.63) is 64.7 Å². The van der Waals surface area contributed by atoms with Crippen molar-refractivity contribution in [2.75, 3.05) is 11.4 Å². The van der Waals surface area contributed by atoms with Crippen LogP contribution in [0.3, 0.4) is 0 Å². The van der Waals surface area contributed by atoms with Crippen molar-refractivity contribution < 1.29 is 9.59 Å². The maximum Gasteiger partial charge on any atom is 0.240 e. The second-order valence-electron chi connectivity index (χ2n) is 6.98. The molecule has 0 aliphatic rings. The Morgan fingerprint density at radius 2 is 1.65 bits per heavy atom. The molecule has 2 aromatic carbocycles. The summed E-state index contributed by atoms with van der Waals surface area (Å²) in [6.07, 6.45) is 0. The Morgan fingerprint density at radius 1 is 1.00 bits per heavy atom. The molecule has 0 spiro atoms. The minimum absolute atomic E-state index is 0.0196. The predicted octanol–water partition coefficient (Wildman–Crippen LogP) is 4.10. The summed E-state index contributed by atoms with van der Waals surface area (Å²) < 4.78 is 0. The van der Waals surface area contributed by atoms with Gasteiger partial charge in [0.1, 0.15) is 6.54 Å². The number of anilines is 1. The van der Waals surface area contributed by atoms with Gasteiger partial charge in [0.2, 0.25) is 11.8 Å². The first-order valence-corrected chi connectivity index (χ1v) is 9.00. The summed E-state index contributed by atoms with van der Waals surface area (Å²) in [4.78, 5) is 26.4. The monoisotopic (exact) mass is 352 g/mol. The van der Waals surface area contributed by atoms with Gasteiger partial charge >= 0.3 is 0 Å². The third-order valence-corrected chi connectivity index (χ3v) is 4.58. The molecule has 0 aliphatic heterocycles. The SMILES string of the molecule is CC(=O)N(CC(=O)NCc1ccccc1C)c1c(C)cccc1C(C)C. The zero-order valence-corrected chi connectivity index (χ0v) is 16.3. The average molecular weight is 352 g/mol. The quantitative estimate of drug-likeness (QED) is 0.851. The third kappa shape index (κ3) is 4.72. The summed E-state index contributed by atoms with van der Waals surface area (Å²) in [5.41, 5.74) is 5.14. The van der Waals surface area contributed by atoms with Crippen LogP contribution in [0.1, 0.15) is 48.9 Å². The molecule has 0 aromatic heterocycles. The second-order valence-corrected chi connectivity index (χ2v) is 6.98. The van der Waals surface area contributed by atoms with E-state index in [1.165, 1.54) is 6.92 Å². The molecule has 0 atom stereocenters. The Morgan fingerprint density at radius 3 is 2.27 bits per heavy atom. The van der Waals surface area contributed by atoms with Gasteiger partial charge in [-0.1, -0.05) is 56.3 Å². The molecule has 0 saturated heterocycles. The lowest BCUT2D eigenvalue weighted by atomic mass is 9.97. The van der Waals surface area contributed by atoms with Crippen LogP contribution in [0.4, 0.5) is 5.69 Å². The Bertz CT molecular complexity index is 796. The van der Waals surface area contributed by atoms with Crippen LogP contribution in [0.2, 0.25) is 0 Å². The number of amides is 2. The summed E-state index contributed by atoms with van der Waals surface area (Å²) in [5.74, 6) is -0.0320. The van der Waals surface area contributed by atoms with Crippen LogP contribution in [0.5, 0.6) is 0 Å². The molecule has 138 valence electrons. The minimum atomic E-state index is -0.165. The fraction of sp³-hybridized carbons (Fsp3) is 0.364. The van der Waals surface area contributed by atoms with Gasteiger partial charge in [0, 0.05) is 13.5 Å². The smallest absolute Gasteiger partial charge is 0.240 e. The molecule has 0 aliphatic carbocycles. The zero-order valence-electron chi connectivity index (χ0n) is 16.3. The van der Waals surface area contributed by atoms with Crippen LogP contribution in [-0.4, -0.2) is 18.4 Å². The molecule has 1 N–H and O–H groups in total. The van der Waals surface area contributed by atoms with Gasteiger partial charge in [0.25, 0.3) is 0 Å². The number of nitrogens with zero attached hydrogens (tertiary/aromatic N) is 1. The fourth-order valence-electron chi connectivity index (χ4n) is 3.07. The molecule has 0 unspecified atom stereocenters. The molecule has 2 rings (SSSR count). The largest absolute Gasteiger partial charge is 0.350 e. The van der Waals surface area contributed by atoms with Crippen molar-refractivity contribution >= 4 is 17.5 Å². The van der Waals surface area contributed by atoms with E-state index in [0.29, 0.717) is 6.54 Å². The van der Waals surface area contributed by atoms with Crippen molar-refractivity contribution in [2.24, 2.45) is 0 Å². The van der Waals surface area contributed by atoms with Gasteiger partial charge in [-0.15, -0.1) is 0 Å². The summed E-state index contributed by atoms with van der Waals surface area (Å²) in [7, 11) is 0. The second kappa shape index (κ2) is 8.65. The highest BCUT2D eigenvalue weighted by atomic mass is 16.2. The lowest BCUT2D eigenvalue weighted by Gasteiger charge is -2.27. The topological polar surface area (TPSA) is 49.4 Å². The summed E-state index contributed by atoms with van der Waals surface area (Å²) in [5, 5.41) is 2.93. The average Bonchev–Trinajstić information content (AvgIpc) is 2.59. The van der Waals surface area contributed by atoms with E-state index < -0.39 is 0 Å². The van der Waals surface area contributed by atoms with Gasteiger partial charge < -0.3 is 10.2 Å². The predicted molar refractivity (Wildman–Crippen MR) is 106 cm³/mol. The molecule has 4 nitrogen and oxygen atoms in total. The van der Waals surface area contributed by atoms with Gasteiger partial charge in [0.05, 0.1) is 5.69 Å². The maximum absolute atomic E-state index is 12.5. The highest BCUT2D eigenvalue weighted by Crippen LogP contribution is 2.31. The van der Waals surface area contributed by atoms with Crippen molar-refractivity contribution in [3.8, 4) is 0 Å². The van der Waals surface area contributed by atoms with Crippen molar-refractivity contribution in [1.82, 2.24) is 5.32 Å². The first-order chi connectivity index (χ1) is 12.3. The van der Waals surface area contributed by atoms with Crippen LogP contribution < -0.4 is 10.2 Å². The van der Waals surface area contributed by atoms with Gasteiger partial charge in [-0.2, -0.15) is 0 Å². The van der Waals surface area contributed by atoms with Crippen molar-refractivity contribution in [3.63, 3.8) is 0 Å². The number of carbonyl (C=O) groups excluding carboxylic acids is 2. The Balaban J connectivity index is 2.18. The number of aryl methyl sites for hydroxylation is 2. The lowest BCUT2D eigenvalue weighted by molar-refractivity contribution is -0.123. The van der Waals surface area contributed by atoms with Crippen LogP contribution >= 0.6 is 0 Å². The molecule has 2 aromatic rings.